The van der Waals surface area contributed by atoms with Gasteiger partial charge >= 0.3 is 5.97 Å². The lowest BCUT2D eigenvalue weighted by atomic mass is 10.0. The molecule has 1 N–H and O–H groups in total. The Morgan fingerprint density at radius 3 is 1.27 bits per heavy atom. The molecule has 73 heavy (non-hydrogen) atoms. The van der Waals surface area contributed by atoms with Crippen LogP contribution < -0.4 is 10.2 Å². The van der Waals surface area contributed by atoms with Gasteiger partial charge in [0.25, 0.3) is 7.82 Å². The Morgan fingerprint density at radius 1 is 0.479 bits per heavy atom. The quantitative estimate of drug-likeness (QED) is 0.0212. The number of likely N-dealkylation sites (N-methyl/N-ethyl adjacent to an activating group) is 1. The summed E-state index contributed by atoms with van der Waals surface area (Å²) in [6.45, 7) is 6.81. The van der Waals surface area contributed by atoms with Gasteiger partial charge in [0.1, 0.15) is 19.3 Å². The fourth-order valence-electron chi connectivity index (χ4n) is 8.68. The lowest BCUT2D eigenvalue weighted by molar-refractivity contribution is -0.870. The molecule has 0 heterocycles. The molecule has 0 saturated heterocycles. The molecule has 0 aromatic heterocycles. The highest BCUT2D eigenvalue weighted by atomic mass is 31.2. The number of amides is 1. The standard InChI is InChI=1S/C63H117N2O7P/c1-7-10-13-16-19-22-25-27-29-30-31-32-33-34-36-38-41-44-47-50-53-56-63(67)72-61(54-51-48-45-42-39-24-21-18-15-12-9-3)60(59-71-73(68,69)70-58-57-65(4,5)6)64-62(66)55-52-49-46-43-40-37-35-28-26-23-20-17-14-11-8-2/h19,22,27,29,31-32,34,36,51,54,60-61H,7-18,20-21,23-26,28,30,33,35,37-50,52-53,55-59H2,1-6H3,(H-,64,66,68,69)/b22-19-,29-27-,32-31-,36-34-,54-51+. The van der Waals surface area contributed by atoms with E-state index in [0.717, 1.165) is 89.9 Å². The van der Waals surface area contributed by atoms with Gasteiger partial charge in [-0.3, -0.25) is 14.2 Å². The maximum atomic E-state index is 13.5. The Hall–Kier alpha value is -2.29. The first-order valence-corrected chi connectivity index (χ1v) is 32.1. The molecule has 3 atom stereocenters. The third-order valence-electron chi connectivity index (χ3n) is 13.5. The van der Waals surface area contributed by atoms with Crippen molar-refractivity contribution in [2.45, 2.75) is 290 Å². The van der Waals surface area contributed by atoms with Gasteiger partial charge in [0.05, 0.1) is 33.8 Å². The molecule has 0 rings (SSSR count). The number of ether oxygens (including phenoxy) is 1. The van der Waals surface area contributed by atoms with E-state index in [1.54, 1.807) is 0 Å². The van der Waals surface area contributed by atoms with Crippen molar-refractivity contribution in [2.24, 2.45) is 0 Å². The van der Waals surface area contributed by atoms with Crippen LogP contribution in [-0.2, 0) is 27.9 Å². The average Bonchev–Trinajstić information content (AvgIpc) is 3.35. The van der Waals surface area contributed by atoms with Crippen LogP contribution in [0.1, 0.15) is 278 Å². The number of phosphoric acid groups is 1. The average molecular weight is 1050 g/mol. The normalized spacial score (nSPS) is 14.1. The van der Waals surface area contributed by atoms with Gasteiger partial charge < -0.3 is 28.5 Å². The molecule has 1 amide bonds. The Balaban J connectivity index is 5.26. The van der Waals surface area contributed by atoms with Gasteiger partial charge in [-0.05, 0) is 76.7 Å². The van der Waals surface area contributed by atoms with Gasteiger partial charge in [0.15, 0.2) is 0 Å². The summed E-state index contributed by atoms with van der Waals surface area (Å²) >= 11 is 0. The first-order valence-electron chi connectivity index (χ1n) is 30.6. The van der Waals surface area contributed by atoms with Gasteiger partial charge in [-0.2, -0.15) is 0 Å². The number of nitrogens with one attached hydrogen (secondary N) is 1. The summed E-state index contributed by atoms with van der Waals surface area (Å²) in [6.07, 6.45) is 66.1. The molecule has 0 aromatic rings. The van der Waals surface area contributed by atoms with Crippen LogP contribution in [0.5, 0.6) is 0 Å². The van der Waals surface area contributed by atoms with E-state index < -0.39 is 26.6 Å². The van der Waals surface area contributed by atoms with Crippen LogP contribution >= 0.6 is 7.82 Å². The molecule has 0 spiro atoms. The second-order valence-electron chi connectivity index (χ2n) is 21.9. The molecule has 0 fully saturated rings. The number of quaternary nitrogens is 1. The number of rotatable bonds is 55. The molecule has 0 bridgehead atoms. The number of carbonyl (C=O) groups excluding carboxylic acids is 2. The number of esters is 1. The Kier molecular flexibility index (Phi) is 51.5. The topological polar surface area (TPSA) is 114 Å². The van der Waals surface area contributed by atoms with Crippen molar-refractivity contribution in [1.29, 1.82) is 0 Å². The third-order valence-corrected chi connectivity index (χ3v) is 14.4. The summed E-state index contributed by atoms with van der Waals surface area (Å²) in [5.41, 5.74) is 0. The Bertz CT molecular complexity index is 1440. The highest BCUT2D eigenvalue weighted by molar-refractivity contribution is 7.45. The zero-order valence-electron chi connectivity index (χ0n) is 48.6. The van der Waals surface area contributed by atoms with E-state index in [2.05, 4.69) is 74.7 Å². The van der Waals surface area contributed by atoms with E-state index in [-0.39, 0.29) is 24.9 Å². The monoisotopic (exact) mass is 1040 g/mol. The van der Waals surface area contributed by atoms with Crippen molar-refractivity contribution >= 4 is 19.7 Å². The Morgan fingerprint density at radius 2 is 0.836 bits per heavy atom. The van der Waals surface area contributed by atoms with Crippen molar-refractivity contribution in [1.82, 2.24) is 5.32 Å². The summed E-state index contributed by atoms with van der Waals surface area (Å²) in [7, 11) is 1.18. The maximum Gasteiger partial charge on any atom is 0.306 e. The minimum atomic E-state index is -4.70. The van der Waals surface area contributed by atoms with E-state index in [0.29, 0.717) is 23.9 Å². The van der Waals surface area contributed by atoms with Gasteiger partial charge in [-0.15, -0.1) is 0 Å². The SMILES string of the molecule is CCCCC/C=C\C/C=C\C/C=C\C/C=C\CCCCCCCC(=O)OC(/C=C/CCCCCCCCCCC)C(COP(=O)([O-])OCC[N+](C)(C)C)NC(=O)CCCCCCCCCCCCCCCCC. The molecule has 0 aromatic carbocycles. The van der Waals surface area contributed by atoms with Crippen molar-refractivity contribution < 1.29 is 37.3 Å². The number of hydrogen-bond donors (Lipinski definition) is 1. The van der Waals surface area contributed by atoms with Crippen molar-refractivity contribution in [2.75, 3.05) is 40.9 Å². The summed E-state index contributed by atoms with van der Waals surface area (Å²) in [4.78, 5) is 39.9. The predicted octanol–water partition coefficient (Wildman–Crippen LogP) is 18.0. The van der Waals surface area contributed by atoms with Crippen molar-refractivity contribution in [3.63, 3.8) is 0 Å². The zero-order valence-corrected chi connectivity index (χ0v) is 49.5. The summed E-state index contributed by atoms with van der Waals surface area (Å²) < 4.78 is 30.3. The van der Waals surface area contributed by atoms with E-state index >= 15 is 0 Å². The molecular weight excluding hydrogens is 928 g/mol. The Labute approximate surface area is 451 Å². The second-order valence-corrected chi connectivity index (χ2v) is 23.3. The number of unbranched alkanes of at least 4 members (excludes halogenated alkanes) is 31. The smallest absolute Gasteiger partial charge is 0.306 e. The highest BCUT2D eigenvalue weighted by Gasteiger charge is 2.27. The van der Waals surface area contributed by atoms with Crippen LogP contribution in [0.4, 0.5) is 0 Å². The molecular formula is C63H117N2O7P. The highest BCUT2D eigenvalue weighted by Crippen LogP contribution is 2.38. The number of phosphoric ester groups is 1. The predicted molar refractivity (Wildman–Crippen MR) is 312 cm³/mol. The molecule has 3 unspecified atom stereocenters. The minimum absolute atomic E-state index is 0.0257. The fourth-order valence-corrected chi connectivity index (χ4v) is 9.41. The summed E-state index contributed by atoms with van der Waals surface area (Å²) in [6, 6.07) is -0.894. The molecule has 10 heteroatoms. The number of hydrogen-bond acceptors (Lipinski definition) is 7. The van der Waals surface area contributed by atoms with Gasteiger partial charge in [-0.1, -0.05) is 249 Å². The van der Waals surface area contributed by atoms with E-state index in [9.17, 15) is 19.0 Å². The van der Waals surface area contributed by atoms with Crippen LogP contribution in [-0.4, -0.2) is 69.4 Å². The lowest BCUT2D eigenvalue weighted by Crippen LogP contribution is -2.47. The number of carbonyl (C=O) groups is 2. The van der Waals surface area contributed by atoms with Crippen molar-refractivity contribution in [3.8, 4) is 0 Å². The molecule has 0 saturated carbocycles. The first-order chi connectivity index (χ1) is 35.4. The van der Waals surface area contributed by atoms with E-state index in [4.69, 9.17) is 13.8 Å². The number of allylic oxidation sites excluding steroid dienone is 9. The molecule has 426 valence electrons. The number of nitrogens with zero attached hydrogens (tertiary/aromatic N) is 1. The molecule has 9 nitrogen and oxygen atoms in total. The lowest BCUT2D eigenvalue weighted by Gasteiger charge is -2.30. The van der Waals surface area contributed by atoms with Crippen LogP contribution in [0.15, 0.2) is 60.8 Å². The summed E-state index contributed by atoms with van der Waals surface area (Å²) in [5, 5.41) is 3.02. The first kappa shape index (κ1) is 70.7. The molecule has 0 aliphatic heterocycles. The fraction of sp³-hybridized carbons (Fsp3) is 0.810. The van der Waals surface area contributed by atoms with Crippen LogP contribution in [0, 0.1) is 0 Å². The third kappa shape index (κ3) is 54.3. The van der Waals surface area contributed by atoms with Crippen LogP contribution in [0.25, 0.3) is 0 Å². The minimum Gasteiger partial charge on any atom is -0.756 e. The van der Waals surface area contributed by atoms with Crippen molar-refractivity contribution in [3.05, 3.63) is 60.8 Å². The largest absolute Gasteiger partial charge is 0.756 e. The van der Waals surface area contributed by atoms with E-state index in [1.807, 2.05) is 33.3 Å². The summed E-state index contributed by atoms with van der Waals surface area (Å²) in [5.74, 6) is -0.556. The molecule has 0 aliphatic carbocycles. The van der Waals surface area contributed by atoms with Gasteiger partial charge in [-0.25, -0.2) is 0 Å². The van der Waals surface area contributed by atoms with Gasteiger partial charge in [0, 0.05) is 12.8 Å². The zero-order chi connectivity index (χ0) is 53.6. The van der Waals surface area contributed by atoms with E-state index in [1.165, 1.54) is 148 Å². The van der Waals surface area contributed by atoms with Gasteiger partial charge in [0.2, 0.25) is 5.91 Å². The molecule has 0 aliphatic rings. The molecule has 0 radical (unpaired) electrons. The second kappa shape index (κ2) is 53.1. The maximum absolute atomic E-state index is 13.5. The van der Waals surface area contributed by atoms with Crippen LogP contribution in [0.3, 0.4) is 0 Å². The van der Waals surface area contributed by atoms with Crippen LogP contribution in [0.2, 0.25) is 0 Å².